The van der Waals surface area contributed by atoms with E-state index in [4.69, 9.17) is 4.52 Å². The zero-order valence-corrected chi connectivity index (χ0v) is 12.5. The number of nitrogens with one attached hydrogen (secondary N) is 1. The van der Waals surface area contributed by atoms with Crippen molar-refractivity contribution in [2.45, 2.75) is 32.8 Å². The number of carbonyl (C=O) groups is 1. The third-order valence-corrected chi connectivity index (χ3v) is 3.30. The minimum Gasteiger partial charge on any atom is -0.387 e. The maximum atomic E-state index is 11.8. The van der Waals surface area contributed by atoms with E-state index in [0.717, 1.165) is 5.56 Å². The Morgan fingerprint density at radius 1 is 1.29 bits per heavy atom. The van der Waals surface area contributed by atoms with Gasteiger partial charge in [-0.3, -0.25) is 4.79 Å². The number of aliphatic hydroxyl groups is 1. The first kappa shape index (κ1) is 15.3. The molecule has 5 nitrogen and oxygen atoms in total. The molecule has 0 radical (unpaired) electrons. The van der Waals surface area contributed by atoms with Gasteiger partial charge in [0, 0.05) is 12.6 Å². The molecule has 5 heteroatoms. The van der Waals surface area contributed by atoms with Crippen molar-refractivity contribution in [1.29, 1.82) is 0 Å². The lowest BCUT2D eigenvalue weighted by Gasteiger charge is -2.13. The fourth-order valence-corrected chi connectivity index (χ4v) is 1.97. The van der Waals surface area contributed by atoms with E-state index in [9.17, 15) is 9.90 Å². The summed E-state index contributed by atoms with van der Waals surface area (Å²) in [7, 11) is 0. The molecule has 0 aliphatic rings. The van der Waals surface area contributed by atoms with Crippen LogP contribution in [0.5, 0.6) is 0 Å². The van der Waals surface area contributed by atoms with Crippen molar-refractivity contribution >= 4 is 5.91 Å². The summed E-state index contributed by atoms with van der Waals surface area (Å²) in [5.41, 5.74) is 2.21. The summed E-state index contributed by atoms with van der Waals surface area (Å²) in [5, 5.41) is 16.4. The van der Waals surface area contributed by atoms with Gasteiger partial charge in [-0.25, -0.2) is 0 Å². The zero-order valence-electron chi connectivity index (χ0n) is 12.5. The Bertz CT molecular complexity index is 602. The van der Waals surface area contributed by atoms with Crippen molar-refractivity contribution in [2.24, 2.45) is 0 Å². The normalized spacial score (nSPS) is 12.4. The molecule has 2 N–H and O–H groups in total. The molecule has 1 heterocycles. The quantitative estimate of drug-likeness (QED) is 0.886. The van der Waals surface area contributed by atoms with E-state index < -0.39 is 6.10 Å². The fourth-order valence-electron chi connectivity index (χ4n) is 1.97. The molecular formula is C16H20N2O3. The molecule has 0 saturated carbocycles. The highest BCUT2D eigenvalue weighted by atomic mass is 16.5. The average Bonchev–Trinajstić information content (AvgIpc) is 2.91. The van der Waals surface area contributed by atoms with E-state index in [-0.39, 0.29) is 18.1 Å². The molecule has 1 amide bonds. The second-order valence-electron chi connectivity index (χ2n) is 5.37. The van der Waals surface area contributed by atoms with Crippen molar-refractivity contribution in [2.75, 3.05) is 6.54 Å². The van der Waals surface area contributed by atoms with Crippen LogP contribution in [0.15, 0.2) is 34.9 Å². The molecule has 0 fully saturated rings. The Labute approximate surface area is 124 Å². The Hall–Kier alpha value is -2.14. The lowest BCUT2D eigenvalue weighted by atomic mass is 10.00. The monoisotopic (exact) mass is 288 g/mol. The number of aryl methyl sites for hydroxylation is 1. The van der Waals surface area contributed by atoms with Gasteiger partial charge in [0.15, 0.2) is 5.69 Å². The summed E-state index contributed by atoms with van der Waals surface area (Å²) < 4.78 is 4.84. The topological polar surface area (TPSA) is 75.4 Å². The molecule has 21 heavy (non-hydrogen) atoms. The molecule has 2 rings (SSSR count). The van der Waals surface area contributed by atoms with Crippen molar-refractivity contribution in [3.63, 3.8) is 0 Å². The first-order valence-corrected chi connectivity index (χ1v) is 6.97. The van der Waals surface area contributed by atoms with E-state index in [1.54, 1.807) is 13.0 Å². The minimum atomic E-state index is -0.747. The molecule has 1 unspecified atom stereocenters. The first-order chi connectivity index (χ1) is 9.97. The number of aliphatic hydroxyl groups excluding tert-OH is 1. The van der Waals surface area contributed by atoms with Gasteiger partial charge in [-0.05, 0) is 24.0 Å². The maximum Gasteiger partial charge on any atom is 0.273 e. The number of benzene rings is 1. The summed E-state index contributed by atoms with van der Waals surface area (Å²) in [6, 6.07) is 9.30. The second kappa shape index (κ2) is 6.54. The third kappa shape index (κ3) is 3.92. The molecule has 1 aromatic carbocycles. The number of hydrogen-bond donors (Lipinski definition) is 2. The van der Waals surface area contributed by atoms with Gasteiger partial charge in [0.1, 0.15) is 5.76 Å². The summed E-state index contributed by atoms with van der Waals surface area (Å²) in [5.74, 6) is 0.668. The molecule has 112 valence electrons. The van der Waals surface area contributed by atoms with Crippen LogP contribution in [-0.2, 0) is 0 Å². The molecule has 2 aromatic rings. The van der Waals surface area contributed by atoms with E-state index in [0.29, 0.717) is 11.7 Å². The zero-order chi connectivity index (χ0) is 15.4. The summed E-state index contributed by atoms with van der Waals surface area (Å²) in [6.45, 7) is 6.08. The molecule has 1 aromatic heterocycles. The van der Waals surface area contributed by atoms with Crippen LogP contribution in [0, 0.1) is 6.92 Å². The molecule has 1 atom stereocenters. The Kier molecular flexibility index (Phi) is 4.75. The van der Waals surface area contributed by atoms with Crippen LogP contribution in [0.1, 0.15) is 53.2 Å². The summed E-state index contributed by atoms with van der Waals surface area (Å²) in [6.07, 6.45) is -0.747. The summed E-state index contributed by atoms with van der Waals surface area (Å²) >= 11 is 0. The molecule has 0 bridgehead atoms. The number of aromatic nitrogens is 1. The minimum absolute atomic E-state index is 0.131. The maximum absolute atomic E-state index is 11.8. The fraction of sp³-hybridized carbons (Fsp3) is 0.375. The van der Waals surface area contributed by atoms with E-state index in [1.807, 2.05) is 24.3 Å². The molecule has 0 saturated heterocycles. The largest absolute Gasteiger partial charge is 0.387 e. The highest BCUT2D eigenvalue weighted by molar-refractivity contribution is 5.92. The molecular weight excluding hydrogens is 268 g/mol. The van der Waals surface area contributed by atoms with Gasteiger partial charge < -0.3 is 14.9 Å². The number of hydrogen-bond acceptors (Lipinski definition) is 4. The Morgan fingerprint density at radius 2 is 1.90 bits per heavy atom. The standard InChI is InChI=1S/C16H20N2O3/c1-10(2)12-4-6-13(7-5-12)15(19)9-17-16(20)14-8-11(3)21-18-14/h4-8,10,15,19H,9H2,1-3H3,(H,17,20). The second-order valence-corrected chi connectivity index (χ2v) is 5.37. The van der Waals surface area contributed by atoms with Crippen molar-refractivity contribution < 1.29 is 14.4 Å². The van der Waals surface area contributed by atoms with Gasteiger partial charge in [0.2, 0.25) is 0 Å². The number of nitrogens with zero attached hydrogens (tertiary/aromatic N) is 1. The SMILES string of the molecule is Cc1cc(C(=O)NCC(O)c2ccc(C(C)C)cc2)no1. The van der Waals surface area contributed by atoms with Crippen LogP contribution in [0.2, 0.25) is 0 Å². The van der Waals surface area contributed by atoms with Crippen LogP contribution in [-0.4, -0.2) is 22.7 Å². The van der Waals surface area contributed by atoms with Gasteiger partial charge in [-0.15, -0.1) is 0 Å². The van der Waals surface area contributed by atoms with Gasteiger partial charge in [-0.2, -0.15) is 0 Å². The van der Waals surface area contributed by atoms with Gasteiger partial charge in [0.05, 0.1) is 6.10 Å². The lowest BCUT2D eigenvalue weighted by Crippen LogP contribution is -2.28. The smallest absolute Gasteiger partial charge is 0.273 e. The molecule has 0 aliphatic heterocycles. The van der Waals surface area contributed by atoms with Crippen molar-refractivity contribution in [3.8, 4) is 0 Å². The Balaban J connectivity index is 1.92. The number of rotatable bonds is 5. The first-order valence-electron chi connectivity index (χ1n) is 6.97. The van der Waals surface area contributed by atoms with E-state index in [2.05, 4.69) is 24.3 Å². The van der Waals surface area contributed by atoms with Crippen LogP contribution < -0.4 is 5.32 Å². The van der Waals surface area contributed by atoms with E-state index in [1.165, 1.54) is 5.56 Å². The predicted molar refractivity (Wildman–Crippen MR) is 79.1 cm³/mol. The van der Waals surface area contributed by atoms with Crippen molar-refractivity contribution in [1.82, 2.24) is 10.5 Å². The third-order valence-electron chi connectivity index (χ3n) is 3.30. The number of carbonyl (C=O) groups excluding carboxylic acids is 1. The highest BCUT2D eigenvalue weighted by Crippen LogP contribution is 2.18. The van der Waals surface area contributed by atoms with Crippen LogP contribution in [0.25, 0.3) is 0 Å². The van der Waals surface area contributed by atoms with Gasteiger partial charge in [0.25, 0.3) is 5.91 Å². The van der Waals surface area contributed by atoms with E-state index >= 15 is 0 Å². The lowest BCUT2D eigenvalue weighted by molar-refractivity contribution is 0.0907. The number of amides is 1. The predicted octanol–water partition coefficient (Wildman–Crippen LogP) is 2.57. The van der Waals surface area contributed by atoms with Crippen LogP contribution >= 0.6 is 0 Å². The van der Waals surface area contributed by atoms with Crippen LogP contribution in [0.3, 0.4) is 0 Å². The highest BCUT2D eigenvalue weighted by Gasteiger charge is 2.14. The molecule has 0 aliphatic carbocycles. The average molecular weight is 288 g/mol. The van der Waals surface area contributed by atoms with Gasteiger partial charge in [-0.1, -0.05) is 43.3 Å². The van der Waals surface area contributed by atoms with Crippen molar-refractivity contribution in [3.05, 3.63) is 52.9 Å². The van der Waals surface area contributed by atoms with Crippen LogP contribution in [0.4, 0.5) is 0 Å². The Morgan fingerprint density at radius 3 is 2.43 bits per heavy atom. The molecule has 0 spiro atoms. The van der Waals surface area contributed by atoms with Gasteiger partial charge >= 0.3 is 0 Å². The summed E-state index contributed by atoms with van der Waals surface area (Å²) in [4.78, 5) is 11.8.